The summed E-state index contributed by atoms with van der Waals surface area (Å²) in [6.45, 7) is 7.89. The molecule has 0 radical (unpaired) electrons. The van der Waals surface area contributed by atoms with Gasteiger partial charge in [0, 0.05) is 12.6 Å². The lowest BCUT2D eigenvalue weighted by atomic mass is 10.1. The van der Waals surface area contributed by atoms with Gasteiger partial charge in [0.1, 0.15) is 5.75 Å². The van der Waals surface area contributed by atoms with Gasteiger partial charge in [0.05, 0.1) is 17.9 Å². The summed E-state index contributed by atoms with van der Waals surface area (Å²) in [5.74, 6) is -0.529. The lowest BCUT2D eigenvalue weighted by Crippen LogP contribution is -2.39. The fourth-order valence-electron chi connectivity index (χ4n) is 2.62. The number of urea groups is 1. The average molecular weight is 428 g/mol. The molecule has 0 spiro atoms. The Morgan fingerprint density at radius 3 is 2.29 bits per heavy atom. The predicted octanol–water partition coefficient (Wildman–Crippen LogP) is 3.48. The lowest BCUT2D eigenvalue weighted by molar-refractivity contribution is -0.123. The Hall–Kier alpha value is -3.55. The van der Waals surface area contributed by atoms with Crippen LogP contribution in [0, 0.1) is 0 Å². The van der Waals surface area contributed by atoms with E-state index in [1.807, 2.05) is 20.8 Å². The Morgan fingerprint density at radius 2 is 1.65 bits per heavy atom. The molecule has 0 heterocycles. The van der Waals surface area contributed by atoms with Gasteiger partial charge in [0.25, 0.3) is 5.91 Å². The molecule has 2 rings (SSSR count). The second-order valence-electron chi connectivity index (χ2n) is 7.14. The lowest BCUT2D eigenvalue weighted by Gasteiger charge is -2.16. The number of anilines is 1. The molecule has 0 saturated heterocycles. The predicted molar refractivity (Wildman–Crippen MR) is 118 cm³/mol. The number of carbonyl (C=O) groups is 3. The molecular weight excluding hydrogens is 398 g/mol. The van der Waals surface area contributed by atoms with Gasteiger partial charge in [0.15, 0.2) is 6.10 Å². The molecule has 166 valence electrons. The Bertz CT molecular complexity index is 896. The van der Waals surface area contributed by atoms with Gasteiger partial charge in [-0.15, -0.1) is 0 Å². The van der Waals surface area contributed by atoms with E-state index < -0.39 is 18.0 Å². The molecular formula is C23H29N3O5. The minimum absolute atomic E-state index is 0.0454. The van der Waals surface area contributed by atoms with Gasteiger partial charge in [-0.25, -0.2) is 9.59 Å². The van der Waals surface area contributed by atoms with Crippen LogP contribution in [0.25, 0.3) is 0 Å². The van der Waals surface area contributed by atoms with Crippen molar-refractivity contribution in [3.63, 3.8) is 0 Å². The van der Waals surface area contributed by atoms with E-state index in [4.69, 9.17) is 9.47 Å². The van der Waals surface area contributed by atoms with Crippen LogP contribution in [-0.4, -0.2) is 36.7 Å². The zero-order valence-corrected chi connectivity index (χ0v) is 18.2. The molecule has 2 aromatic rings. The second-order valence-corrected chi connectivity index (χ2v) is 7.14. The molecule has 2 aromatic carbocycles. The first-order valence-corrected chi connectivity index (χ1v) is 10.2. The molecule has 0 aliphatic heterocycles. The highest BCUT2D eigenvalue weighted by molar-refractivity contribution is 5.98. The van der Waals surface area contributed by atoms with Crippen LogP contribution in [0.1, 0.15) is 43.6 Å². The molecule has 31 heavy (non-hydrogen) atoms. The number of esters is 1. The maximum atomic E-state index is 12.4. The number of nitrogens with one attached hydrogen (secondary N) is 3. The van der Waals surface area contributed by atoms with Gasteiger partial charge in [-0.2, -0.15) is 0 Å². The van der Waals surface area contributed by atoms with Crippen molar-refractivity contribution in [1.29, 1.82) is 0 Å². The summed E-state index contributed by atoms with van der Waals surface area (Å²) in [4.78, 5) is 36.4. The minimum atomic E-state index is -0.997. The summed E-state index contributed by atoms with van der Waals surface area (Å²) in [6, 6.07) is 13.4. The quantitative estimate of drug-likeness (QED) is 0.532. The molecule has 0 aromatic heterocycles. The molecule has 8 nitrogen and oxygen atoms in total. The van der Waals surface area contributed by atoms with Crippen molar-refractivity contribution in [2.75, 3.05) is 11.9 Å². The molecule has 3 N–H and O–H groups in total. The standard InChI is InChI=1S/C23H29N3O5/c1-5-30-20-9-7-6-8-19(20)26-21(27)16(4)31-22(28)18-12-10-17(11-13-18)14-24-23(29)25-15(2)3/h6-13,15-16H,5,14H2,1-4H3,(H,26,27)(H2,24,25,29). The van der Waals surface area contributed by atoms with E-state index in [0.717, 1.165) is 5.56 Å². The number of benzene rings is 2. The molecule has 1 unspecified atom stereocenters. The Balaban J connectivity index is 1.89. The number of amides is 3. The topological polar surface area (TPSA) is 106 Å². The van der Waals surface area contributed by atoms with Crippen molar-refractivity contribution in [3.8, 4) is 5.75 Å². The molecule has 1 atom stereocenters. The highest BCUT2D eigenvalue weighted by atomic mass is 16.5. The highest BCUT2D eigenvalue weighted by Crippen LogP contribution is 2.24. The van der Waals surface area contributed by atoms with Crippen LogP contribution in [0.5, 0.6) is 5.75 Å². The van der Waals surface area contributed by atoms with Crippen molar-refractivity contribution in [3.05, 3.63) is 59.7 Å². The number of para-hydroxylation sites is 2. The number of hydrogen-bond acceptors (Lipinski definition) is 5. The third kappa shape index (κ3) is 7.65. The van der Waals surface area contributed by atoms with E-state index in [2.05, 4.69) is 16.0 Å². The largest absolute Gasteiger partial charge is 0.492 e. The summed E-state index contributed by atoms with van der Waals surface area (Å²) >= 11 is 0. The van der Waals surface area contributed by atoms with Gasteiger partial charge < -0.3 is 25.4 Å². The normalized spacial score (nSPS) is 11.4. The van der Waals surface area contributed by atoms with Crippen molar-refractivity contribution in [2.24, 2.45) is 0 Å². The third-order valence-electron chi connectivity index (χ3n) is 4.16. The van der Waals surface area contributed by atoms with Crippen LogP contribution in [-0.2, 0) is 16.1 Å². The van der Waals surface area contributed by atoms with Crippen LogP contribution >= 0.6 is 0 Å². The van der Waals surface area contributed by atoms with Gasteiger partial charge in [-0.1, -0.05) is 24.3 Å². The van der Waals surface area contributed by atoms with Crippen LogP contribution in [0.4, 0.5) is 10.5 Å². The van der Waals surface area contributed by atoms with E-state index in [0.29, 0.717) is 30.2 Å². The summed E-state index contributed by atoms with van der Waals surface area (Å²) in [5, 5.41) is 8.18. The maximum absolute atomic E-state index is 12.4. The van der Waals surface area contributed by atoms with Gasteiger partial charge in [0.2, 0.25) is 0 Å². The van der Waals surface area contributed by atoms with E-state index >= 15 is 0 Å². The van der Waals surface area contributed by atoms with Crippen molar-refractivity contribution >= 4 is 23.6 Å². The second kappa shape index (κ2) is 11.6. The van der Waals surface area contributed by atoms with Crippen LogP contribution in [0.15, 0.2) is 48.5 Å². The average Bonchev–Trinajstić information content (AvgIpc) is 2.73. The SMILES string of the molecule is CCOc1ccccc1NC(=O)C(C)OC(=O)c1ccc(CNC(=O)NC(C)C)cc1. The summed E-state index contributed by atoms with van der Waals surface area (Å²) in [7, 11) is 0. The molecule has 3 amide bonds. The molecule has 0 bridgehead atoms. The first-order chi connectivity index (χ1) is 14.8. The molecule has 0 aliphatic rings. The van der Waals surface area contributed by atoms with Gasteiger partial charge in [-0.05, 0) is 57.5 Å². The number of rotatable bonds is 9. The number of hydrogen-bond donors (Lipinski definition) is 3. The first kappa shape index (κ1) is 23.7. The van der Waals surface area contributed by atoms with Crippen LogP contribution in [0.3, 0.4) is 0 Å². The number of carbonyl (C=O) groups excluding carboxylic acids is 3. The van der Waals surface area contributed by atoms with E-state index in [1.54, 1.807) is 48.5 Å². The summed E-state index contributed by atoms with van der Waals surface area (Å²) < 4.78 is 10.8. The zero-order chi connectivity index (χ0) is 22.8. The van der Waals surface area contributed by atoms with E-state index in [-0.39, 0.29) is 12.1 Å². The Kier molecular flexibility index (Phi) is 8.87. The fourth-order valence-corrected chi connectivity index (χ4v) is 2.62. The first-order valence-electron chi connectivity index (χ1n) is 10.2. The Morgan fingerprint density at radius 1 is 0.968 bits per heavy atom. The monoisotopic (exact) mass is 427 g/mol. The molecule has 0 fully saturated rings. The zero-order valence-electron chi connectivity index (χ0n) is 18.2. The minimum Gasteiger partial charge on any atom is -0.492 e. The van der Waals surface area contributed by atoms with Crippen molar-refractivity contribution < 1.29 is 23.9 Å². The fraction of sp³-hybridized carbons (Fsp3) is 0.348. The maximum Gasteiger partial charge on any atom is 0.338 e. The molecule has 8 heteroatoms. The highest BCUT2D eigenvalue weighted by Gasteiger charge is 2.20. The van der Waals surface area contributed by atoms with E-state index in [1.165, 1.54) is 6.92 Å². The van der Waals surface area contributed by atoms with Crippen molar-refractivity contribution in [2.45, 2.75) is 46.4 Å². The summed E-state index contributed by atoms with van der Waals surface area (Å²) in [6.07, 6.45) is -0.997. The molecule has 0 saturated carbocycles. The third-order valence-corrected chi connectivity index (χ3v) is 4.16. The van der Waals surface area contributed by atoms with Gasteiger partial charge in [-0.3, -0.25) is 4.79 Å². The smallest absolute Gasteiger partial charge is 0.338 e. The van der Waals surface area contributed by atoms with Crippen LogP contribution < -0.4 is 20.7 Å². The Labute approximate surface area is 182 Å². The number of ether oxygens (including phenoxy) is 2. The van der Waals surface area contributed by atoms with Crippen LogP contribution in [0.2, 0.25) is 0 Å². The van der Waals surface area contributed by atoms with Gasteiger partial charge >= 0.3 is 12.0 Å². The van der Waals surface area contributed by atoms with Crippen molar-refractivity contribution in [1.82, 2.24) is 10.6 Å². The molecule has 0 aliphatic carbocycles. The summed E-state index contributed by atoms with van der Waals surface area (Å²) in [5.41, 5.74) is 1.65. The van der Waals surface area contributed by atoms with E-state index in [9.17, 15) is 14.4 Å².